The molecule has 0 fully saturated rings. The molecule has 0 atom stereocenters. The van der Waals surface area contributed by atoms with Crippen LogP contribution < -0.4 is 11.1 Å². The number of amides is 1. The molecule has 0 saturated carbocycles. The second-order valence-electron chi connectivity index (χ2n) is 6.59. The zero-order valence-corrected chi connectivity index (χ0v) is 15.0. The second kappa shape index (κ2) is 6.97. The number of nitrogens with zero attached hydrogens (tertiary/aromatic N) is 2. The van der Waals surface area contributed by atoms with E-state index in [1.165, 1.54) is 11.1 Å². The summed E-state index contributed by atoms with van der Waals surface area (Å²) in [5.74, 6) is -0.285. The fraction of sp³-hybridized carbons (Fsp3) is 0.263. The number of fused-ring (bicyclic) bond motifs is 2. The van der Waals surface area contributed by atoms with Crippen molar-refractivity contribution < 1.29 is 4.79 Å². The quantitative estimate of drug-likeness (QED) is 0.645. The van der Waals surface area contributed by atoms with E-state index >= 15 is 0 Å². The first-order valence-corrected chi connectivity index (χ1v) is 8.95. The van der Waals surface area contributed by atoms with Crippen molar-refractivity contribution >= 4 is 34.2 Å². The van der Waals surface area contributed by atoms with Gasteiger partial charge < -0.3 is 16.0 Å². The van der Waals surface area contributed by atoms with E-state index in [0.717, 1.165) is 41.8 Å². The topological polar surface area (TPSA) is 87.0 Å². The van der Waals surface area contributed by atoms with Crippen LogP contribution in [0.15, 0.2) is 36.7 Å². The molecule has 3 aromatic rings. The smallest absolute Gasteiger partial charge is 0.231 e. The first kappa shape index (κ1) is 16.9. The molecule has 1 amide bonds. The third kappa shape index (κ3) is 3.38. The molecule has 0 unspecified atom stereocenters. The van der Waals surface area contributed by atoms with Crippen molar-refractivity contribution in [3.8, 4) is 0 Å². The van der Waals surface area contributed by atoms with E-state index in [0.29, 0.717) is 18.1 Å². The molecular formula is C19H20ClN5O. The molecule has 134 valence electrons. The van der Waals surface area contributed by atoms with Crippen molar-refractivity contribution in [3.63, 3.8) is 0 Å². The molecule has 2 aromatic heterocycles. The highest BCUT2D eigenvalue weighted by Gasteiger charge is 2.18. The lowest BCUT2D eigenvalue weighted by Crippen LogP contribution is -2.37. The van der Waals surface area contributed by atoms with Gasteiger partial charge in [0.25, 0.3) is 0 Å². The normalized spacial score (nSPS) is 14.3. The largest absolute Gasteiger partial charge is 0.381 e. The molecule has 26 heavy (non-hydrogen) atoms. The lowest BCUT2D eigenvalue weighted by molar-refractivity contribution is -0.119. The highest BCUT2D eigenvalue weighted by atomic mass is 35.5. The summed E-state index contributed by atoms with van der Waals surface area (Å²) >= 11 is 6.31. The monoisotopic (exact) mass is 369 g/mol. The lowest BCUT2D eigenvalue weighted by Gasteiger charge is -2.28. The molecule has 0 spiro atoms. The Morgan fingerprint density at radius 2 is 2.23 bits per heavy atom. The number of carbonyl (C=O) groups excluding carboxylic acids is 1. The van der Waals surface area contributed by atoms with Gasteiger partial charge in [0.15, 0.2) is 0 Å². The molecular weight excluding hydrogens is 350 g/mol. The van der Waals surface area contributed by atoms with Crippen molar-refractivity contribution in [2.24, 2.45) is 5.73 Å². The predicted molar refractivity (Wildman–Crippen MR) is 103 cm³/mol. The van der Waals surface area contributed by atoms with Crippen molar-refractivity contribution in [1.82, 2.24) is 14.9 Å². The van der Waals surface area contributed by atoms with Gasteiger partial charge >= 0.3 is 0 Å². The van der Waals surface area contributed by atoms with Crippen LogP contribution >= 0.6 is 11.6 Å². The predicted octanol–water partition coefficient (Wildman–Crippen LogP) is 2.67. The number of H-pyrrole nitrogens is 1. The van der Waals surface area contributed by atoms with Crippen LogP contribution in [-0.2, 0) is 24.3 Å². The number of aromatic amines is 1. The van der Waals surface area contributed by atoms with Gasteiger partial charge in [0.1, 0.15) is 5.65 Å². The van der Waals surface area contributed by atoms with E-state index in [2.05, 4.69) is 38.4 Å². The number of hydrogen-bond donors (Lipinski definition) is 3. The van der Waals surface area contributed by atoms with E-state index in [9.17, 15) is 4.79 Å². The molecule has 3 heterocycles. The van der Waals surface area contributed by atoms with Gasteiger partial charge in [-0.25, -0.2) is 4.98 Å². The van der Waals surface area contributed by atoms with Gasteiger partial charge in [-0.2, -0.15) is 0 Å². The number of anilines is 1. The maximum atomic E-state index is 11.2. The Morgan fingerprint density at radius 1 is 1.35 bits per heavy atom. The van der Waals surface area contributed by atoms with E-state index < -0.39 is 0 Å². The summed E-state index contributed by atoms with van der Waals surface area (Å²) in [6.45, 7) is 2.56. The molecule has 4 rings (SSSR count). The molecule has 1 aliphatic heterocycles. The van der Waals surface area contributed by atoms with Crippen LogP contribution in [0.1, 0.15) is 16.7 Å². The third-order valence-electron chi connectivity index (χ3n) is 4.76. The first-order valence-electron chi connectivity index (χ1n) is 8.57. The molecule has 0 radical (unpaired) electrons. The SMILES string of the molecule is NC(=O)CN1CCc2ccc(NCc3c[nH]c4nccc(Cl)c34)cc2C1. The highest BCUT2D eigenvalue weighted by molar-refractivity contribution is 6.35. The summed E-state index contributed by atoms with van der Waals surface area (Å²) in [5, 5.41) is 5.10. The highest BCUT2D eigenvalue weighted by Crippen LogP contribution is 2.27. The number of hydrogen-bond acceptors (Lipinski definition) is 4. The minimum absolute atomic E-state index is 0.285. The standard InChI is InChI=1S/C19H20ClN5O/c20-16-3-5-22-19-18(16)14(9-24-19)8-23-15-2-1-12-4-6-25(11-17(21)26)10-13(12)7-15/h1-3,5,7,9,23H,4,6,8,10-11H2,(H2,21,26)(H,22,24). The van der Waals surface area contributed by atoms with E-state index in [1.54, 1.807) is 12.3 Å². The Hall–Kier alpha value is -2.57. The number of primary amides is 1. The Morgan fingerprint density at radius 3 is 3.08 bits per heavy atom. The summed E-state index contributed by atoms with van der Waals surface area (Å²) in [4.78, 5) is 20.7. The molecule has 0 aliphatic carbocycles. The third-order valence-corrected chi connectivity index (χ3v) is 5.08. The van der Waals surface area contributed by atoms with Gasteiger partial charge in [-0.15, -0.1) is 0 Å². The fourth-order valence-electron chi connectivity index (χ4n) is 3.50. The summed E-state index contributed by atoms with van der Waals surface area (Å²) in [6, 6.07) is 8.20. The molecule has 7 heteroatoms. The van der Waals surface area contributed by atoms with Gasteiger partial charge in [0.2, 0.25) is 5.91 Å². The molecule has 0 bridgehead atoms. The van der Waals surface area contributed by atoms with Crippen LogP contribution in [0, 0.1) is 0 Å². The Labute approximate surface area is 156 Å². The lowest BCUT2D eigenvalue weighted by atomic mass is 9.99. The van der Waals surface area contributed by atoms with Gasteiger partial charge in [-0.3, -0.25) is 9.69 Å². The Bertz CT molecular complexity index is 968. The average Bonchev–Trinajstić information content (AvgIpc) is 3.03. The van der Waals surface area contributed by atoms with Crippen LogP contribution in [0.25, 0.3) is 11.0 Å². The molecule has 6 nitrogen and oxygen atoms in total. The number of nitrogens with two attached hydrogens (primary N) is 1. The number of nitrogens with one attached hydrogen (secondary N) is 2. The Kier molecular flexibility index (Phi) is 4.53. The zero-order valence-electron chi connectivity index (χ0n) is 14.3. The second-order valence-corrected chi connectivity index (χ2v) is 7.00. The van der Waals surface area contributed by atoms with Gasteiger partial charge in [-0.1, -0.05) is 17.7 Å². The van der Waals surface area contributed by atoms with Crippen molar-refractivity contribution in [2.75, 3.05) is 18.4 Å². The number of halogens is 1. The summed E-state index contributed by atoms with van der Waals surface area (Å²) < 4.78 is 0. The molecule has 1 aliphatic rings. The van der Waals surface area contributed by atoms with Crippen LogP contribution in [0.4, 0.5) is 5.69 Å². The number of pyridine rings is 1. The number of benzene rings is 1. The van der Waals surface area contributed by atoms with E-state index in [1.807, 2.05) is 6.20 Å². The Balaban J connectivity index is 1.50. The first-order chi connectivity index (χ1) is 12.6. The van der Waals surface area contributed by atoms with Crippen molar-refractivity contribution in [3.05, 3.63) is 58.4 Å². The van der Waals surface area contributed by atoms with Crippen LogP contribution in [0.5, 0.6) is 0 Å². The molecule has 0 saturated heterocycles. The summed E-state index contributed by atoms with van der Waals surface area (Å²) in [7, 11) is 0. The van der Waals surface area contributed by atoms with Crippen LogP contribution in [-0.4, -0.2) is 33.9 Å². The summed E-state index contributed by atoms with van der Waals surface area (Å²) in [6.07, 6.45) is 4.57. The van der Waals surface area contributed by atoms with Gasteiger partial charge in [0.05, 0.1) is 11.6 Å². The number of aromatic nitrogens is 2. The van der Waals surface area contributed by atoms with Crippen LogP contribution in [0.2, 0.25) is 5.02 Å². The molecule has 1 aromatic carbocycles. The fourth-order valence-corrected chi connectivity index (χ4v) is 3.77. The summed E-state index contributed by atoms with van der Waals surface area (Å²) in [5.41, 5.74) is 10.8. The van der Waals surface area contributed by atoms with E-state index in [-0.39, 0.29) is 5.91 Å². The van der Waals surface area contributed by atoms with Gasteiger partial charge in [0, 0.05) is 43.1 Å². The molecule has 4 N–H and O–H groups in total. The van der Waals surface area contributed by atoms with Crippen molar-refractivity contribution in [1.29, 1.82) is 0 Å². The number of rotatable bonds is 5. The minimum atomic E-state index is -0.285. The number of carbonyl (C=O) groups is 1. The zero-order chi connectivity index (χ0) is 18.1. The maximum absolute atomic E-state index is 11.2. The van der Waals surface area contributed by atoms with E-state index in [4.69, 9.17) is 17.3 Å². The average molecular weight is 370 g/mol. The van der Waals surface area contributed by atoms with Crippen LogP contribution in [0.3, 0.4) is 0 Å². The van der Waals surface area contributed by atoms with Crippen molar-refractivity contribution in [2.45, 2.75) is 19.5 Å². The maximum Gasteiger partial charge on any atom is 0.231 e. The van der Waals surface area contributed by atoms with Gasteiger partial charge in [-0.05, 0) is 41.3 Å². The minimum Gasteiger partial charge on any atom is -0.381 e.